The van der Waals surface area contributed by atoms with Crippen LogP contribution in [0.4, 0.5) is 8.78 Å². The van der Waals surface area contributed by atoms with Crippen molar-refractivity contribution in [3.63, 3.8) is 0 Å². The number of H-pyrrole nitrogens is 1. The molecule has 0 aliphatic carbocycles. The molecule has 0 spiro atoms. The zero-order valence-electron chi connectivity index (χ0n) is 25.3. The molecule has 0 bridgehead atoms. The van der Waals surface area contributed by atoms with Gasteiger partial charge in [-0.3, -0.25) is 14.4 Å². The van der Waals surface area contributed by atoms with Gasteiger partial charge in [0.2, 0.25) is 5.91 Å². The zero-order valence-corrected chi connectivity index (χ0v) is 26.1. The Kier molecular flexibility index (Phi) is 13.4. The van der Waals surface area contributed by atoms with Gasteiger partial charge in [-0.1, -0.05) is 44.5 Å². The normalized spacial score (nSPS) is 13.5. The summed E-state index contributed by atoms with van der Waals surface area (Å²) in [6, 6.07) is 8.98. The molecule has 45 heavy (non-hydrogen) atoms. The Morgan fingerprint density at radius 1 is 0.978 bits per heavy atom. The maximum absolute atomic E-state index is 14.0. The standard InChI is InChI=1S/C32H40F2N4O6S/c1-3-5-11-45(43,44)20-28(38-31(41)26-18-35-10-9-29(26)39)32(42)37-27(15-23-13-24(33)16-25(34)14-23)30(40)19-36-17-22-8-6-7-21(4-2)12-22/h6-10,12-14,16,18,27-28,30,36,40H,3-5,11,15,17,19-20H2,1-2H3,(H,35,39)(H,37,42)(H,38,41)/t27-,28+,30+/m0/s1. The number of carbonyl (C=O) groups is 2. The minimum atomic E-state index is -3.84. The molecule has 3 atom stereocenters. The second kappa shape index (κ2) is 16.9. The van der Waals surface area contributed by atoms with Gasteiger partial charge < -0.3 is 26.0 Å². The number of hydrogen-bond donors (Lipinski definition) is 5. The van der Waals surface area contributed by atoms with Crippen LogP contribution >= 0.6 is 0 Å². The molecule has 3 rings (SSSR count). The molecule has 0 aliphatic heterocycles. The first-order valence-corrected chi connectivity index (χ1v) is 16.6. The third kappa shape index (κ3) is 11.5. The zero-order chi connectivity index (χ0) is 33.0. The number of aromatic nitrogens is 1. The van der Waals surface area contributed by atoms with Crippen molar-refractivity contribution in [2.45, 2.75) is 64.3 Å². The summed E-state index contributed by atoms with van der Waals surface area (Å²) in [5.74, 6) is -4.61. The van der Waals surface area contributed by atoms with E-state index in [1.807, 2.05) is 31.2 Å². The number of pyridine rings is 1. The van der Waals surface area contributed by atoms with Crippen molar-refractivity contribution < 1.29 is 31.9 Å². The van der Waals surface area contributed by atoms with Gasteiger partial charge in [-0.25, -0.2) is 17.2 Å². The highest BCUT2D eigenvalue weighted by Crippen LogP contribution is 2.13. The predicted molar refractivity (Wildman–Crippen MR) is 167 cm³/mol. The Balaban J connectivity index is 1.85. The largest absolute Gasteiger partial charge is 0.390 e. The van der Waals surface area contributed by atoms with Crippen LogP contribution < -0.4 is 21.4 Å². The number of aliphatic hydroxyl groups is 1. The number of aryl methyl sites for hydroxylation is 1. The highest BCUT2D eigenvalue weighted by Gasteiger charge is 2.31. The number of benzene rings is 2. The topological polar surface area (TPSA) is 157 Å². The van der Waals surface area contributed by atoms with Gasteiger partial charge in [-0.2, -0.15) is 0 Å². The van der Waals surface area contributed by atoms with Gasteiger partial charge in [-0.15, -0.1) is 0 Å². The Morgan fingerprint density at radius 2 is 1.69 bits per heavy atom. The molecule has 2 amide bonds. The van der Waals surface area contributed by atoms with E-state index in [9.17, 15) is 36.7 Å². The summed E-state index contributed by atoms with van der Waals surface area (Å²) in [7, 11) is -3.84. The monoisotopic (exact) mass is 646 g/mol. The molecule has 0 fully saturated rings. The van der Waals surface area contributed by atoms with Crippen molar-refractivity contribution in [2.75, 3.05) is 18.1 Å². The van der Waals surface area contributed by atoms with Gasteiger partial charge in [0.05, 0.1) is 23.7 Å². The molecule has 5 N–H and O–H groups in total. The smallest absolute Gasteiger partial charge is 0.257 e. The molecule has 0 saturated heterocycles. The Morgan fingerprint density at radius 3 is 2.36 bits per heavy atom. The minimum Gasteiger partial charge on any atom is -0.390 e. The van der Waals surface area contributed by atoms with Gasteiger partial charge in [0, 0.05) is 37.6 Å². The van der Waals surface area contributed by atoms with Crippen LogP contribution in [0.1, 0.15) is 53.7 Å². The first-order chi connectivity index (χ1) is 21.4. The summed E-state index contributed by atoms with van der Waals surface area (Å²) in [4.78, 5) is 41.3. The Bertz CT molecular complexity index is 1590. The van der Waals surface area contributed by atoms with E-state index < -0.39 is 62.7 Å². The van der Waals surface area contributed by atoms with E-state index in [1.54, 1.807) is 6.92 Å². The van der Waals surface area contributed by atoms with Gasteiger partial charge in [-0.05, 0) is 48.1 Å². The van der Waals surface area contributed by atoms with Crippen LogP contribution in [0.2, 0.25) is 0 Å². The maximum atomic E-state index is 14.0. The molecule has 10 nitrogen and oxygen atoms in total. The van der Waals surface area contributed by atoms with Gasteiger partial charge in [0.1, 0.15) is 23.2 Å². The van der Waals surface area contributed by atoms with E-state index in [0.717, 1.165) is 41.9 Å². The van der Waals surface area contributed by atoms with Gasteiger partial charge in [0.25, 0.3) is 5.91 Å². The van der Waals surface area contributed by atoms with E-state index in [0.29, 0.717) is 25.5 Å². The fourth-order valence-electron chi connectivity index (χ4n) is 4.73. The molecule has 0 aliphatic rings. The van der Waals surface area contributed by atoms with Gasteiger partial charge >= 0.3 is 0 Å². The molecule has 0 saturated carbocycles. The number of amides is 2. The lowest BCUT2D eigenvalue weighted by molar-refractivity contribution is -0.124. The fraction of sp³-hybridized carbons (Fsp3) is 0.406. The van der Waals surface area contributed by atoms with Crippen molar-refractivity contribution in [2.24, 2.45) is 0 Å². The van der Waals surface area contributed by atoms with Crippen molar-refractivity contribution in [1.29, 1.82) is 0 Å². The molecule has 0 unspecified atom stereocenters. The fourth-order valence-corrected chi connectivity index (χ4v) is 6.37. The summed E-state index contributed by atoms with van der Waals surface area (Å²) < 4.78 is 53.7. The summed E-state index contributed by atoms with van der Waals surface area (Å²) >= 11 is 0. The van der Waals surface area contributed by atoms with Crippen LogP contribution in [-0.2, 0) is 34.0 Å². The number of halogens is 2. The van der Waals surface area contributed by atoms with E-state index in [-0.39, 0.29) is 29.8 Å². The maximum Gasteiger partial charge on any atom is 0.257 e. The summed E-state index contributed by atoms with van der Waals surface area (Å²) in [5.41, 5.74) is 1.26. The SMILES string of the molecule is CCCCS(=O)(=O)C[C@@H](NC(=O)c1c[nH]ccc1=O)C(=O)N[C@@H](Cc1cc(F)cc(F)c1)[C@H](O)CNCc1cccc(CC)c1. The molecule has 3 aromatic rings. The molecule has 244 valence electrons. The molecule has 1 aromatic heterocycles. The highest BCUT2D eigenvalue weighted by molar-refractivity contribution is 7.91. The number of aromatic amines is 1. The third-order valence-electron chi connectivity index (χ3n) is 7.17. The lowest BCUT2D eigenvalue weighted by Crippen LogP contribution is -2.57. The van der Waals surface area contributed by atoms with E-state index in [2.05, 4.69) is 20.9 Å². The molecule has 1 heterocycles. The number of unbranched alkanes of at least 4 members (excludes halogenated alkanes) is 1. The van der Waals surface area contributed by atoms with Crippen molar-refractivity contribution in [3.05, 3.63) is 105 Å². The second-order valence-electron chi connectivity index (χ2n) is 10.9. The van der Waals surface area contributed by atoms with Crippen LogP contribution in [0, 0.1) is 11.6 Å². The first kappa shape index (κ1) is 35.5. The minimum absolute atomic E-state index is 0.0374. The van der Waals surface area contributed by atoms with Crippen LogP contribution in [-0.4, -0.2) is 66.6 Å². The van der Waals surface area contributed by atoms with Gasteiger partial charge in [0.15, 0.2) is 15.3 Å². The number of carbonyl (C=O) groups excluding carboxylic acids is 2. The molecule has 0 radical (unpaired) electrons. The quantitative estimate of drug-likeness (QED) is 0.151. The lowest BCUT2D eigenvalue weighted by atomic mass is 10.00. The number of sulfone groups is 1. The third-order valence-corrected chi connectivity index (χ3v) is 8.92. The lowest BCUT2D eigenvalue weighted by Gasteiger charge is -2.27. The van der Waals surface area contributed by atoms with E-state index in [1.165, 1.54) is 6.20 Å². The van der Waals surface area contributed by atoms with E-state index >= 15 is 0 Å². The van der Waals surface area contributed by atoms with Crippen molar-refractivity contribution in [1.82, 2.24) is 20.9 Å². The van der Waals surface area contributed by atoms with Crippen LogP contribution in [0.5, 0.6) is 0 Å². The number of aliphatic hydroxyl groups excluding tert-OH is 1. The number of rotatable bonds is 17. The first-order valence-electron chi connectivity index (χ1n) is 14.8. The number of nitrogens with one attached hydrogen (secondary N) is 4. The highest BCUT2D eigenvalue weighted by atomic mass is 32.2. The van der Waals surface area contributed by atoms with E-state index in [4.69, 9.17) is 0 Å². The molecular formula is C32H40F2N4O6S. The average Bonchev–Trinajstić information content (AvgIpc) is 2.99. The molecule has 2 aromatic carbocycles. The van der Waals surface area contributed by atoms with Crippen molar-refractivity contribution in [3.8, 4) is 0 Å². The van der Waals surface area contributed by atoms with Crippen LogP contribution in [0.3, 0.4) is 0 Å². The van der Waals surface area contributed by atoms with Crippen LogP contribution in [0.25, 0.3) is 0 Å². The Hall–Kier alpha value is -3.94. The average molecular weight is 647 g/mol. The Labute approximate surface area is 261 Å². The second-order valence-corrected chi connectivity index (χ2v) is 13.1. The molecule has 13 heteroatoms. The molecular weight excluding hydrogens is 606 g/mol. The van der Waals surface area contributed by atoms with Crippen LogP contribution in [0.15, 0.2) is 65.7 Å². The summed E-state index contributed by atoms with van der Waals surface area (Å²) in [6.45, 7) is 4.19. The summed E-state index contributed by atoms with van der Waals surface area (Å²) in [6.07, 6.45) is 2.70. The summed E-state index contributed by atoms with van der Waals surface area (Å²) in [5, 5.41) is 19.2. The van der Waals surface area contributed by atoms with Crippen molar-refractivity contribution >= 4 is 21.7 Å². The predicted octanol–water partition coefficient (Wildman–Crippen LogP) is 2.41. The number of hydrogen-bond acceptors (Lipinski definition) is 7.